The summed E-state index contributed by atoms with van der Waals surface area (Å²) in [6.07, 6.45) is 0.762. The number of nitrogens with zero attached hydrogens (tertiary/aromatic N) is 4. The first kappa shape index (κ1) is 35.0. The number of Topliss-reactive ketones (excluding diaryl/α,β-unsaturated/α-hetero) is 1. The van der Waals surface area contributed by atoms with E-state index in [4.69, 9.17) is 29.2 Å². The van der Waals surface area contributed by atoms with Crippen LogP contribution in [0.25, 0.3) is 11.2 Å². The van der Waals surface area contributed by atoms with Crippen molar-refractivity contribution in [1.82, 2.24) is 19.5 Å². The third-order valence-electron chi connectivity index (χ3n) is 6.71. The maximum Gasteiger partial charge on any atom is 0.309 e. The van der Waals surface area contributed by atoms with Crippen molar-refractivity contribution < 1.29 is 47.1 Å². The van der Waals surface area contributed by atoms with Crippen LogP contribution < -0.4 is 15.0 Å². The van der Waals surface area contributed by atoms with E-state index in [-0.39, 0.29) is 35.8 Å². The molecule has 2 aromatic carbocycles. The molecule has 0 fully saturated rings. The first-order valence-electron chi connectivity index (χ1n) is 14.4. The van der Waals surface area contributed by atoms with E-state index in [0.717, 1.165) is 6.08 Å². The number of carbonyl (C=O) groups is 2. The molecule has 0 saturated carbocycles. The van der Waals surface area contributed by atoms with Gasteiger partial charge in [-0.2, -0.15) is 0 Å². The number of para-hydroxylation sites is 1. The van der Waals surface area contributed by atoms with Crippen LogP contribution in [0, 0.1) is 5.92 Å². The van der Waals surface area contributed by atoms with Gasteiger partial charge in [-0.1, -0.05) is 25.1 Å². The molecule has 4 atom stereocenters. The average Bonchev–Trinajstić information content (AvgIpc) is 3.64. The Hall–Kier alpha value is -4.85. The molecule has 3 heterocycles. The fourth-order valence-electron chi connectivity index (χ4n) is 4.42. The van der Waals surface area contributed by atoms with Crippen molar-refractivity contribution in [3.05, 3.63) is 78.7 Å². The number of benzene rings is 2. The van der Waals surface area contributed by atoms with Crippen LogP contribution in [0.1, 0.15) is 37.4 Å². The maximum absolute atomic E-state index is 14.8. The number of phenolic OH excluding ortho intramolecular Hbond substituents is 1. The fourth-order valence-corrected chi connectivity index (χ4v) is 6.52. The number of rotatable bonds is 12. The van der Waals surface area contributed by atoms with Gasteiger partial charge in [0, 0.05) is 11.6 Å². The molecule has 5 rings (SSSR count). The lowest BCUT2D eigenvalue weighted by molar-refractivity contribution is -0.146. The van der Waals surface area contributed by atoms with Gasteiger partial charge in [0.2, 0.25) is 0 Å². The van der Waals surface area contributed by atoms with Crippen molar-refractivity contribution in [1.29, 1.82) is 0 Å². The summed E-state index contributed by atoms with van der Waals surface area (Å²) in [6.45, 7) is 4.95. The summed E-state index contributed by atoms with van der Waals surface area (Å²) < 4.78 is 56.7. The van der Waals surface area contributed by atoms with E-state index in [9.17, 15) is 23.7 Å². The summed E-state index contributed by atoms with van der Waals surface area (Å²) in [6, 6.07) is 13.0. The molecular formula is C31H35FN5O9P. The van der Waals surface area contributed by atoms with E-state index in [1.165, 1.54) is 43.4 Å². The standard InChI is InChI=1S/C22H25FN5O6P.C9H10O3/c1-3-31-22(29)14(2)10-35(30,34-15-7-5-4-6-8-15)13-32-17-9-16(23)21(33-17)28-12-27-18-19(24)25-11-26-20(18)28;1-6(10)7-3-4-8(11)9(5-7)12-2/h4-9,11-12,14,17,21H,3,10,13H2,1-2H3,(H2,24,25,26);3-5,11H,1-2H3/t14-,17+,21-,35-;/m1./s1. The number of halogens is 1. The summed E-state index contributed by atoms with van der Waals surface area (Å²) in [5.74, 6) is -1.03. The molecule has 0 aliphatic carbocycles. The van der Waals surface area contributed by atoms with Gasteiger partial charge < -0.3 is 34.3 Å². The molecule has 1 aliphatic heterocycles. The molecule has 1 aliphatic rings. The predicted octanol–water partition coefficient (Wildman–Crippen LogP) is 5.25. The molecule has 2 aromatic heterocycles. The van der Waals surface area contributed by atoms with E-state index >= 15 is 0 Å². The molecule has 14 nitrogen and oxygen atoms in total. The van der Waals surface area contributed by atoms with Gasteiger partial charge in [0.15, 0.2) is 47.1 Å². The Kier molecular flexibility index (Phi) is 11.6. The number of imidazole rings is 1. The number of phenols is 1. The molecule has 3 N–H and O–H groups in total. The molecule has 0 radical (unpaired) electrons. The molecule has 47 heavy (non-hydrogen) atoms. The highest BCUT2D eigenvalue weighted by Crippen LogP contribution is 2.49. The molecule has 4 aromatic rings. The second kappa shape index (κ2) is 15.6. The number of carbonyl (C=O) groups excluding carboxylic acids is 2. The number of esters is 1. The predicted molar refractivity (Wildman–Crippen MR) is 169 cm³/mol. The van der Waals surface area contributed by atoms with Gasteiger partial charge in [0.05, 0.1) is 32.1 Å². The highest BCUT2D eigenvalue weighted by Gasteiger charge is 2.36. The van der Waals surface area contributed by atoms with E-state index in [1.54, 1.807) is 50.2 Å². The van der Waals surface area contributed by atoms with Crippen molar-refractivity contribution in [2.45, 2.75) is 33.3 Å². The van der Waals surface area contributed by atoms with Gasteiger partial charge in [-0.3, -0.25) is 18.7 Å². The lowest BCUT2D eigenvalue weighted by Gasteiger charge is -2.23. The van der Waals surface area contributed by atoms with Gasteiger partial charge >= 0.3 is 5.97 Å². The number of hydrogen-bond acceptors (Lipinski definition) is 13. The average molecular weight is 672 g/mol. The minimum atomic E-state index is -3.58. The molecule has 0 spiro atoms. The summed E-state index contributed by atoms with van der Waals surface area (Å²) in [4.78, 5) is 35.1. The fraction of sp³-hybridized carbons (Fsp3) is 0.323. The number of fused-ring (bicyclic) bond motifs is 1. The van der Waals surface area contributed by atoms with Crippen LogP contribution in [0.15, 0.2) is 73.1 Å². The second-order valence-electron chi connectivity index (χ2n) is 10.3. The Balaban J connectivity index is 0.000000351. The van der Waals surface area contributed by atoms with Crippen molar-refractivity contribution in [2.24, 2.45) is 5.92 Å². The minimum absolute atomic E-state index is 0.0440. The number of hydrogen-bond donors (Lipinski definition) is 2. The van der Waals surface area contributed by atoms with Crippen molar-refractivity contribution in [3.8, 4) is 17.2 Å². The highest BCUT2D eigenvalue weighted by atomic mass is 31.2. The number of ketones is 1. The van der Waals surface area contributed by atoms with Crippen LogP contribution >= 0.6 is 7.37 Å². The zero-order valence-electron chi connectivity index (χ0n) is 26.1. The summed E-state index contributed by atoms with van der Waals surface area (Å²) in [5.41, 5.74) is 6.91. The van der Waals surface area contributed by atoms with E-state index in [2.05, 4.69) is 15.0 Å². The van der Waals surface area contributed by atoms with Gasteiger partial charge in [-0.05, 0) is 44.2 Å². The van der Waals surface area contributed by atoms with Crippen LogP contribution in [0.3, 0.4) is 0 Å². The highest BCUT2D eigenvalue weighted by molar-refractivity contribution is 7.59. The van der Waals surface area contributed by atoms with Crippen molar-refractivity contribution >= 4 is 36.1 Å². The largest absolute Gasteiger partial charge is 0.504 e. The number of aromatic nitrogens is 4. The normalized spacial score (nSPS) is 17.5. The van der Waals surface area contributed by atoms with Gasteiger partial charge in [0.25, 0.3) is 7.37 Å². The summed E-state index contributed by atoms with van der Waals surface area (Å²) in [7, 11) is -2.14. The number of aromatic hydroxyl groups is 1. The Bertz CT molecular complexity index is 1790. The van der Waals surface area contributed by atoms with E-state index in [1.807, 2.05) is 0 Å². The number of anilines is 1. The first-order chi connectivity index (χ1) is 22.4. The number of nitrogens with two attached hydrogens (primary N) is 1. The second-order valence-corrected chi connectivity index (χ2v) is 12.7. The topological polar surface area (TPSA) is 187 Å². The maximum atomic E-state index is 14.8. The Morgan fingerprint density at radius 3 is 2.60 bits per heavy atom. The Labute approximate surface area is 269 Å². The molecule has 0 amide bonds. The van der Waals surface area contributed by atoms with Crippen LogP contribution in [0.4, 0.5) is 10.2 Å². The van der Waals surface area contributed by atoms with Crippen LogP contribution in [0.5, 0.6) is 17.2 Å². The number of nitrogen functional groups attached to an aromatic ring is 1. The monoisotopic (exact) mass is 671 g/mol. The SMILES string of the molecule is CCOC(=O)[C@H](C)C[P@](=O)(CO[C@@H]1C=C(F)[C@H](n2cnc3c(N)ncnc32)O1)Oc1ccccc1.COc1cc(C(C)=O)ccc1O. The van der Waals surface area contributed by atoms with Gasteiger partial charge in [-0.25, -0.2) is 19.3 Å². The van der Waals surface area contributed by atoms with Gasteiger partial charge in [0.1, 0.15) is 23.9 Å². The van der Waals surface area contributed by atoms with Gasteiger partial charge in [-0.15, -0.1) is 0 Å². The minimum Gasteiger partial charge on any atom is -0.504 e. The summed E-state index contributed by atoms with van der Waals surface area (Å²) in [5, 5.41) is 9.18. The third kappa shape index (κ3) is 8.91. The lowest BCUT2D eigenvalue weighted by Crippen LogP contribution is -2.22. The van der Waals surface area contributed by atoms with Crippen molar-refractivity contribution in [2.75, 3.05) is 32.0 Å². The van der Waals surface area contributed by atoms with E-state index in [0.29, 0.717) is 22.6 Å². The van der Waals surface area contributed by atoms with Crippen LogP contribution in [-0.4, -0.2) is 68.9 Å². The number of ether oxygens (including phenoxy) is 4. The van der Waals surface area contributed by atoms with E-state index < -0.39 is 43.9 Å². The lowest BCUT2D eigenvalue weighted by atomic mass is 10.1. The molecular weight excluding hydrogens is 636 g/mol. The van der Waals surface area contributed by atoms with Crippen molar-refractivity contribution in [3.63, 3.8) is 0 Å². The van der Waals surface area contributed by atoms with Crippen LogP contribution in [0.2, 0.25) is 0 Å². The molecule has 0 saturated heterocycles. The molecule has 0 unspecified atom stereocenters. The molecule has 16 heteroatoms. The summed E-state index contributed by atoms with van der Waals surface area (Å²) >= 11 is 0. The molecule has 250 valence electrons. The molecule has 0 bridgehead atoms. The Morgan fingerprint density at radius 2 is 1.91 bits per heavy atom. The quantitative estimate of drug-likeness (QED) is 0.113. The number of methoxy groups -OCH3 is 1. The smallest absolute Gasteiger partial charge is 0.309 e. The third-order valence-corrected chi connectivity index (χ3v) is 8.90. The first-order valence-corrected chi connectivity index (χ1v) is 16.4. The Morgan fingerprint density at radius 1 is 1.17 bits per heavy atom. The zero-order chi connectivity index (χ0) is 34.1. The zero-order valence-corrected chi connectivity index (χ0v) is 27.0. The van der Waals surface area contributed by atoms with Crippen LogP contribution in [-0.2, 0) is 23.6 Å².